The molecule has 2 aliphatic heterocycles. The largest absolute Gasteiger partial charge is 0.378 e. The van der Waals surface area contributed by atoms with E-state index in [1.165, 1.54) is 6.07 Å². The van der Waals surface area contributed by atoms with Gasteiger partial charge in [-0.15, -0.1) is 0 Å². The van der Waals surface area contributed by atoms with Crippen molar-refractivity contribution >= 4 is 31.9 Å². The summed E-state index contributed by atoms with van der Waals surface area (Å²) in [5.74, 6) is 0.502. The number of sulfone groups is 1. The number of hydrogen-bond acceptors (Lipinski definition) is 7. The van der Waals surface area contributed by atoms with Crippen molar-refractivity contribution in [2.75, 3.05) is 30.9 Å². The van der Waals surface area contributed by atoms with Gasteiger partial charge in [0.2, 0.25) is 0 Å². The molecule has 3 rings (SSSR count). The van der Waals surface area contributed by atoms with Gasteiger partial charge in [0.05, 0.1) is 11.0 Å². The summed E-state index contributed by atoms with van der Waals surface area (Å²) in [6.07, 6.45) is 5.46. The van der Waals surface area contributed by atoms with Gasteiger partial charge in [0.25, 0.3) is 0 Å². The summed E-state index contributed by atoms with van der Waals surface area (Å²) in [6, 6.07) is 1.18. The maximum Gasteiger partial charge on any atom is 0.305 e. The third-order valence-corrected chi connectivity index (χ3v) is 7.54. The maximum atomic E-state index is 11.7. The highest BCUT2D eigenvalue weighted by atomic mass is 32.2. The van der Waals surface area contributed by atoms with Crippen LogP contribution in [-0.2, 0) is 14.6 Å². The molecule has 0 aromatic carbocycles. The van der Waals surface area contributed by atoms with E-state index >= 15 is 0 Å². The van der Waals surface area contributed by atoms with E-state index in [0.29, 0.717) is 30.1 Å². The number of anilines is 1. The quantitative estimate of drug-likeness (QED) is 0.605. The lowest BCUT2D eigenvalue weighted by molar-refractivity contribution is -0.383. The molecule has 0 saturated carbocycles. The molecule has 23 heavy (non-hydrogen) atoms. The lowest BCUT2D eigenvalue weighted by atomic mass is 9.90. The predicted molar refractivity (Wildman–Crippen MR) is 88.0 cm³/mol. The first-order valence-corrected chi connectivity index (χ1v) is 10.4. The second-order valence-corrected chi connectivity index (χ2v) is 9.43. The van der Waals surface area contributed by atoms with E-state index in [4.69, 9.17) is 4.74 Å². The van der Waals surface area contributed by atoms with Gasteiger partial charge in [0.1, 0.15) is 4.21 Å². The molecule has 0 bridgehead atoms. The van der Waals surface area contributed by atoms with Crippen molar-refractivity contribution in [3.63, 3.8) is 0 Å². The van der Waals surface area contributed by atoms with Gasteiger partial charge in [-0.1, -0.05) is 11.3 Å². The van der Waals surface area contributed by atoms with Crippen molar-refractivity contribution in [2.45, 2.75) is 36.0 Å². The fourth-order valence-electron chi connectivity index (χ4n) is 3.34. The topological polar surface area (TPSA) is 89.8 Å². The highest BCUT2D eigenvalue weighted by Gasteiger charge is 2.33. The van der Waals surface area contributed by atoms with E-state index in [9.17, 15) is 18.5 Å². The summed E-state index contributed by atoms with van der Waals surface area (Å²) < 4.78 is 29.2. The van der Waals surface area contributed by atoms with Crippen LogP contribution in [0.2, 0.25) is 0 Å². The summed E-state index contributed by atoms with van der Waals surface area (Å²) in [5, 5.41) is 11.7. The van der Waals surface area contributed by atoms with E-state index in [-0.39, 0.29) is 9.90 Å². The molecule has 3 heterocycles. The normalized spacial score (nSPS) is 23.3. The van der Waals surface area contributed by atoms with E-state index < -0.39 is 14.8 Å². The molecular formula is C14H20N2O5S2. The van der Waals surface area contributed by atoms with Crippen molar-refractivity contribution in [3.05, 3.63) is 16.2 Å². The number of nitro groups is 1. The first-order chi connectivity index (χ1) is 10.9. The summed E-state index contributed by atoms with van der Waals surface area (Å²) in [4.78, 5) is 12.7. The lowest BCUT2D eigenvalue weighted by Crippen LogP contribution is -2.37. The second kappa shape index (κ2) is 6.37. The minimum atomic E-state index is -3.43. The van der Waals surface area contributed by atoms with Crippen molar-refractivity contribution in [2.24, 2.45) is 5.92 Å². The molecule has 0 amide bonds. The molecule has 0 spiro atoms. The SMILES string of the molecule is CS(=O)(=O)c1cc([N+](=O)[O-])c(N2CCC(C3CCCO3)CC2)s1. The Bertz CT molecular complexity index is 686. The molecule has 1 aromatic heterocycles. The van der Waals surface area contributed by atoms with Crippen LogP contribution in [0, 0.1) is 16.0 Å². The Kier molecular flexibility index (Phi) is 4.61. The first kappa shape index (κ1) is 16.7. The van der Waals surface area contributed by atoms with Gasteiger partial charge >= 0.3 is 5.69 Å². The van der Waals surface area contributed by atoms with Gasteiger partial charge in [-0.25, -0.2) is 8.42 Å². The first-order valence-electron chi connectivity index (χ1n) is 7.71. The molecule has 128 valence electrons. The monoisotopic (exact) mass is 360 g/mol. The van der Waals surface area contributed by atoms with Gasteiger partial charge in [0.15, 0.2) is 14.8 Å². The van der Waals surface area contributed by atoms with Crippen molar-refractivity contribution < 1.29 is 18.1 Å². The average Bonchev–Trinajstić information content (AvgIpc) is 3.16. The molecule has 0 radical (unpaired) electrons. The number of rotatable bonds is 4. The Labute approximate surface area is 139 Å². The molecule has 1 atom stereocenters. The zero-order valence-electron chi connectivity index (χ0n) is 12.9. The zero-order chi connectivity index (χ0) is 16.6. The van der Waals surface area contributed by atoms with Crippen LogP contribution in [0.25, 0.3) is 0 Å². The minimum Gasteiger partial charge on any atom is -0.378 e. The van der Waals surface area contributed by atoms with Crippen molar-refractivity contribution in [1.29, 1.82) is 0 Å². The van der Waals surface area contributed by atoms with Gasteiger partial charge < -0.3 is 9.64 Å². The standard InChI is InChI=1S/C14H20N2O5S2/c1-23(19,20)13-9-11(16(17)18)14(22-13)15-6-4-10(5-7-15)12-3-2-8-21-12/h9-10,12H,2-8H2,1H3. The molecule has 2 saturated heterocycles. The number of piperidine rings is 1. The lowest BCUT2D eigenvalue weighted by Gasteiger charge is -2.34. The Morgan fingerprint density at radius 2 is 2.04 bits per heavy atom. The smallest absolute Gasteiger partial charge is 0.305 e. The van der Waals surface area contributed by atoms with Crippen LogP contribution in [0.1, 0.15) is 25.7 Å². The maximum absolute atomic E-state index is 11.7. The van der Waals surface area contributed by atoms with Gasteiger partial charge in [-0.05, 0) is 31.6 Å². The zero-order valence-corrected chi connectivity index (χ0v) is 14.6. The van der Waals surface area contributed by atoms with E-state index in [1.54, 1.807) is 0 Å². The van der Waals surface area contributed by atoms with Crippen LogP contribution >= 0.6 is 11.3 Å². The van der Waals surface area contributed by atoms with E-state index in [0.717, 1.165) is 49.9 Å². The molecule has 0 aliphatic carbocycles. The summed E-state index contributed by atoms with van der Waals surface area (Å²) in [7, 11) is -3.43. The van der Waals surface area contributed by atoms with Crippen molar-refractivity contribution in [1.82, 2.24) is 0 Å². The number of hydrogen-bond donors (Lipinski definition) is 0. The number of thiophene rings is 1. The number of ether oxygens (including phenoxy) is 1. The Balaban J connectivity index is 1.77. The summed E-state index contributed by atoms with van der Waals surface area (Å²) in [5.41, 5.74) is -0.106. The minimum absolute atomic E-state index is 0.0560. The van der Waals surface area contributed by atoms with Gasteiger partial charge in [0, 0.05) is 32.0 Å². The molecule has 0 N–H and O–H groups in total. The van der Waals surface area contributed by atoms with Crippen molar-refractivity contribution in [3.8, 4) is 0 Å². The Hall–Kier alpha value is -1.19. The summed E-state index contributed by atoms with van der Waals surface area (Å²) >= 11 is 1.000. The second-order valence-electron chi connectivity index (χ2n) is 6.16. The fourth-order valence-corrected chi connectivity index (χ4v) is 5.42. The highest BCUT2D eigenvalue weighted by Crippen LogP contribution is 2.42. The van der Waals surface area contributed by atoms with Gasteiger partial charge in [-0.3, -0.25) is 10.1 Å². The third kappa shape index (κ3) is 3.51. The van der Waals surface area contributed by atoms with E-state index in [1.807, 2.05) is 4.90 Å². The van der Waals surface area contributed by atoms with Crippen LogP contribution in [0.5, 0.6) is 0 Å². The average molecular weight is 360 g/mol. The molecule has 7 nitrogen and oxygen atoms in total. The molecule has 1 unspecified atom stereocenters. The molecule has 2 fully saturated rings. The van der Waals surface area contributed by atoms with Gasteiger partial charge in [-0.2, -0.15) is 0 Å². The highest BCUT2D eigenvalue weighted by molar-refractivity contribution is 7.92. The Morgan fingerprint density at radius 3 is 2.57 bits per heavy atom. The van der Waals surface area contributed by atoms with E-state index in [2.05, 4.69) is 0 Å². The number of nitrogens with zero attached hydrogens (tertiary/aromatic N) is 2. The van der Waals surface area contributed by atoms with Crippen LogP contribution in [-0.4, -0.2) is 45.4 Å². The molecule has 2 aliphatic rings. The predicted octanol–water partition coefficient (Wildman–Crippen LogP) is 2.46. The van der Waals surface area contributed by atoms with Crippen LogP contribution in [0.15, 0.2) is 10.3 Å². The van der Waals surface area contributed by atoms with Crippen LogP contribution in [0.4, 0.5) is 10.7 Å². The van der Waals surface area contributed by atoms with Crippen LogP contribution < -0.4 is 4.90 Å². The molecular weight excluding hydrogens is 340 g/mol. The fraction of sp³-hybridized carbons (Fsp3) is 0.714. The Morgan fingerprint density at radius 1 is 1.35 bits per heavy atom. The third-order valence-electron chi connectivity index (χ3n) is 4.55. The van der Waals surface area contributed by atoms with Crippen LogP contribution in [0.3, 0.4) is 0 Å². The molecule has 9 heteroatoms. The summed E-state index contributed by atoms with van der Waals surface area (Å²) in [6.45, 7) is 2.24. The molecule has 1 aromatic rings.